The van der Waals surface area contributed by atoms with Gasteiger partial charge < -0.3 is 4.74 Å². The Morgan fingerprint density at radius 2 is 2.08 bits per heavy atom. The molecule has 1 heterocycles. The van der Waals surface area contributed by atoms with Gasteiger partial charge in [-0.1, -0.05) is 6.92 Å². The van der Waals surface area contributed by atoms with Crippen molar-refractivity contribution in [2.45, 2.75) is 32.0 Å². The van der Waals surface area contributed by atoms with Gasteiger partial charge in [0.1, 0.15) is 0 Å². The summed E-state index contributed by atoms with van der Waals surface area (Å²) in [6.07, 6.45) is 3.26. The lowest BCUT2D eigenvalue weighted by Gasteiger charge is -1.97. The molecule has 2 atom stereocenters. The van der Waals surface area contributed by atoms with Gasteiger partial charge in [0.2, 0.25) is 0 Å². The molecule has 0 radical (unpaired) electrons. The Labute approximate surface area is 73.0 Å². The number of hydrogen-bond donors (Lipinski definition) is 0. The Morgan fingerprint density at radius 3 is 2.50 bits per heavy atom. The van der Waals surface area contributed by atoms with Gasteiger partial charge in [-0.15, -0.1) is 0 Å². The summed E-state index contributed by atoms with van der Waals surface area (Å²) in [5, 5.41) is 0. The van der Waals surface area contributed by atoms with Gasteiger partial charge in [-0.25, -0.2) is 0 Å². The average Bonchev–Trinajstić information content (AvgIpc) is 2.64. The zero-order valence-corrected chi connectivity index (χ0v) is 8.13. The van der Waals surface area contributed by atoms with Gasteiger partial charge in [0, 0.05) is 6.42 Å². The molecule has 1 saturated heterocycles. The Balaban J connectivity index is 2.05. The van der Waals surface area contributed by atoms with E-state index in [1.165, 1.54) is 0 Å². The molecule has 0 bridgehead atoms. The summed E-state index contributed by atoms with van der Waals surface area (Å²) < 4.78 is 30.8. The highest BCUT2D eigenvalue weighted by Gasteiger charge is 2.36. The van der Waals surface area contributed by atoms with E-state index in [0.717, 1.165) is 12.7 Å². The molecule has 72 valence electrons. The number of epoxide rings is 1. The lowest BCUT2D eigenvalue weighted by atomic mass is 10.2. The number of hydrogen-bond acceptors (Lipinski definition) is 4. The molecule has 1 aliphatic heterocycles. The zero-order valence-electron chi connectivity index (χ0n) is 7.32. The topological polar surface area (TPSA) is 55.9 Å². The van der Waals surface area contributed by atoms with Crippen LogP contribution in [0, 0.1) is 0 Å². The maximum atomic E-state index is 10.5. The number of ether oxygens (including phenoxy) is 1. The lowest BCUT2D eigenvalue weighted by Crippen LogP contribution is -2.06. The molecule has 0 aromatic heterocycles. The van der Waals surface area contributed by atoms with E-state index < -0.39 is 10.1 Å². The minimum atomic E-state index is -3.27. The molecular formula is C7H14O4S. The van der Waals surface area contributed by atoms with Crippen molar-refractivity contribution < 1.29 is 17.3 Å². The second-order valence-electron chi connectivity index (χ2n) is 2.94. The van der Waals surface area contributed by atoms with Crippen LogP contribution < -0.4 is 0 Å². The number of rotatable bonds is 5. The third kappa shape index (κ3) is 3.51. The summed E-state index contributed by atoms with van der Waals surface area (Å²) >= 11 is 0. The SMILES string of the molecule is CC[C@H]1O[C@@H]1CCOS(C)(=O)=O. The third-order valence-electron chi connectivity index (χ3n) is 1.79. The van der Waals surface area contributed by atoms with Crippen LogP contribution in [-0.2, 0) is 19.0 Å². The molecule has 1 fully saturated rings. The lowest BCUT2D eigenvalue weighted by molar-refractivity contribution is 0.285. The predicted octanol–water partition coefficient (Wildman–Crippen LogP) is 0.530. The summed E-state index contributed by atoms with van der Waals surface area (Å²) in [6, 6.07) is 0. The Kier molecular flexibility index (Phi) is 3.09. The fourth-order valence-corrected chi connectivity index (χ4v) is 1.51. The first-order valence-electron chi connectivity index (χ1n) is 4.03. The standard InChI is InChI=1S/C7H14O4S/c1-3-6-7(11-6)4-5-10-12(2,8)9/h6-7H,3-5H2,1-2H3/t6-,7-/m1/s1. The van der Waals surface area contributed by atoms with Crippen molar-refractivity contribution >= 4 is 10.1 Å². The highest BCUT2D eigenvalue weighted by Crippen LogP contribution is 2.27. The van der Waals surface area contributed by atoms with E-state index in [1.54, 1.807) is 0 Å². The van der Waals surface area contributed by atoms with Crippen molar-refractivity contribution in [3.05, 3.63) is 0 Å². The van der Waals surface area contributed by atoms with Crippen LogP contribution in [0.5, 0.6) is 0 Å². The molecule has 0 saturated carbocycles. The minimum Gasteiger partial charge on any atom is -0.370 e. The van der Waals surface area contributed by atoms with Gasteiger partial charge in [-0.3, -0.25) is 4.18 Å². The van der Waals surface area contributed by atoms with Crippen molar-refractivity contribution in [3.63, 3.8) is 0 Å². The second-order valence-corrected chi connectivity index (χ2v) is 4.58. The van der Waals surface area contributed by atoms with Crippen LogP contribution in [0.15, 0.2) is 0 Å². The first kappa shape index (κ1) is 9.95. The molecule has 0 aromatic rings. The maximum Gasteiger partial charge on any atom is 0.264 e. The van der Waals surface area contributed by atoms with Crippen molar-refractivity contribution in [2.75, 3.05) is 12.9 Å². The van der Waals surface area contributed by atoms with Crippen LogP contribution in [0.3, 0.4) is 0 Å². The van der Waals surface area contributed by atoms with Crippen molar-refractivity contribution in [1.29, 1.82) is 0 Å². The van der Waals surface area contributed by atoms with E-state index >= 15 is 0 Å². The van der Waals surface area contributed by atoms with Crippen LogP contribution >= 0.6 is 0 Å². The maximum absolute atomic E-state index is 10.5. The quantitative estimate of drug-likeness (QED) is 0.473. The molecule has 0 amide bonds. The largest absolute Gasteiger partial charge is 0.370 e. The summed E-state index contributed by atoms with van der Waals surface area (Å²) in [5.41, 5.74) is 0. The minimum absolute atomic E-state index is 0.219. The van der Waals surface area contributed by atoms with Crippen LogP contribution in [0.1, 0.15) is 19.8 Å². The molecule has 1 aliphatic rings. The zero-order chi connectivity index (χ0) is 9.19. The molecular weight excluding hydrogens is 180 g/mol. The normalized spacial score (nSPS) is 28.8. The Bertz CT molecular complexity index is 234. The summed E-state index contributed by atoms with van der Waals surface area (Å²) in [7, 11) is -3.27. The summed E-state index contributed by atoms with van der Waals surface area (Å²) in [6.45, 7) is 2.28. The van der Waals surface area contributed by atoms with Crippen LogP contribution in [-0.4, -0.2) is 33.5 Å². The predicted molar refractivity (Wildman–Crippen MR) is 44.4 cm³/mol. The van der Waals surface area contributed by atoms with Gasteiger partial charge in [0.25, 0.3) is 10.1 Å². The highest BCUT2D eigenvalue weighted by molar-refractivity contribution is 7.85. The van der Waals surface area contributed by atoms with Crippen molar-refractivity contribution in [2.24, 2.45) is 0 Å². The van der Waals surface area contributed by atoms with Gasteiger partial charge >= 0.3 is 0 Å². The fraction of sp³-hybridized carbons (Fsp3) is 1.00. The van der Waals surface area contributed by atoms with E-state index in [0.29, 0.717) is 12.5 Å². The molecule has 0 aromatic carbocycles. The molecule has 12 heavy (non-hydrogen) atoms. The monoisotopic (exact) mass is 194 g/mol. The molecule has 0 N–H and O–H groups in total. The first-order valence-corrected chi connectivity index (χ1v) is 5.84. The summed E-state index contributed by atoms with van der Waals surface area (Å²) in [4.78, 5) is 0. The van der Waals surface area contributed by atoms with E-state index in [-0.39, 0.29) is 12.7 Å². The van der Waals surface area contributed by atoms with E-state index in [9.17, 15) is 8.42 Å². The Morgan fingerprint density at radius 1 is 1.42 bits per heavy atom. The molecule has 4 nitrogen and oxygen atoms in total. The summed E-state index contributed by atoms with van der Waals surface area (Å²) in [5.74, 6) is 0. The average molecular weight is 194 g/mol. The molecule has 0 unspecified atom stereocenters. The van der Waals surface area contributed by atoms with Crippen molar-refractivity contribution in [1.82, 2.24) is 0 Å². The molecule has 5 heteroatoms. The first-order chi connectivity index (χ1) is 5.53. The molecule has 1 rings (SSSR count). The van der Waals surface area contributed by atoms with Gasteiger partial charge in [0.15, 0.2) is 0 Å². The van der Waals surface area contributed by atoms with E-state index in [2.05, 4.69) is 4.18 Å². The van der Waals surface area contributed by atoms with Crippen LogP contribution in [0.25, 0.3) is 0 Å². The fourth-order valence-electron chi connectivity index (χ4n) is 1.11. The second kappa shape index (κ2) is 3.72. The third-order valence-corrected chi connectivity index (χ3v) is 2.38. The molecule has 0 aliphatic carbocycles. The Hall–Kier alpha value is -0.130. The highest BCUT2D eigenvalue weighted by atomic mass is 32.2. The van der Waals surface area contributed by atoms with Gasteiger partial charge in [0.05, 0.1) is 25.1 Å². The van der Waals surface area contributed by atoms with E-state index in [1.807, 2.05) is 6.92 Å². The van der Waals surface area contributed by atoms with Gasteiger partial charge in [-0.05, 0) is 6.42 Å². The van der Waals surface area contributed by atoms with E-state index in [4.69, 9.17) is 4.74 Å². The van der Waals surface area contributed by atoms with Gasteiger partial charge in [-0.2, -0.15) is 8.42 Å². The van der Waals surface area contributed by atoms with Crippen LogP contribution in [0.2, 0.25) is 0 Å². The molecule has 0 spiro atoms. The van der Waals surface area contributed by atoms with Crippen LogP contribution in [0.4, 0.5) is 0 Å². The van der Waals surface area contributed by atoms with Crippen molar-refractivity contribution in [3.8, 4) is 0 Å². The smallest absolute Gasteiger partial charge is 0.264 e.